The van der Waals surface area contributed by atoms with Crippen LogP contribution in [-0.2, 0) is 0 Å². The van der Waals surface area contributed by atoms with Crippen LogP contribution in [0, 0.1) is 5.82 Å². The van der Waals surface area contributed by atoms with E-state index in [-0.39, 0.29) is 21.4 Å². The highest BCUT2D eigenvalue weighted by atomic mass is 35.5. The standard InChI is InChI=1S/C21H19ClFNO3/c22-17-12-14(23)11-16-18(25)13-20(27-21(16)17)15-5-1-2-6-19(15)26-10-9-24-7-3-4-8-24/h1-2,5-6,11-13H,3-4,7-10H2. The molecular weight excluding hydrogens is 369 g/mol. The second-order valence-corrected chi connectivity index (χ2v) is 7.04. The van der Waals surface area contributed by atoms with Gasteiger partial charge in [-0.2, -0.15) is 0 Å². The predicted octanol–water partition coefficient (Wildman–Crippen LogP) is 4.73. The molecule has 0 amide bonds. The summed E-state index contributed by atoms with van der Waals surface area (Å²) in [5.74, 6) is 0.411. The second kappa shape index (κ2) is 7.71. The fourth-order valence-electron chi connectivity index (χ4n) is 3.40. The lowest BCUT2D eigenvalue weighted by Gasteiger charge is -2.16. The Labute approximate surface area is 161 Å². The molecule has 2 aromatic carbocycles. The number of hydrogen-bond donors (Lipinski definition) is 0. The van der Waals surface area contributed by atoms with Crippen LogP contribution in [0.2, 0.25) is 5.02 Å². The van der Waals surface area contributed by atoms with Crippen molar-refractivity contribution in [2.24, 2.45) is 0 Å². The minimum Gasteiger partial charge on any atom is -0.491 e. The molecule has 0 atom stereocenters. The van der Waals surface area contributed by atoms with E-state index < -0.39 is 5.82 Å². The van der Waals surface area contributed by atoms with E-state index in [0.29, 0.717) is 23.7 Å². The van der Waals surface area contributed by atoms with Crippen LogP contribution < -0.4 is 10.2 Å². The molecule has 1 aliphatic rings. The highest BCUT2D eigenvalue weighted by Gasteiger charge is 2.15. The summed E-state index contributed by atoms with van der Waals surface area (Å²) in [7, 11) is 0. The molecule has 0 aliphatic carbocycles. The Morgan fingerprint density at radius 1 is 1.15 bits per heavy atom. The highest BCUT2D eigenvalue weighted by Crippen LogP contribution is 2.33. The molecule has 0 N–H and O–H groups in total. The third kappa shape index (κ3) is 3.84. The van der Waals surface area contributed by atoms with Gasteiger partial charge in [0.05, 0.1) is 16.0 Å². The number of rotatable bonds is 5. The Balaban J connectivity index is 1.66. The number of benzene rings is 2. The molecule has 0 spiro atoms. The number of fused-ring (bicyclic) bond motifs is 1. The molecule has 0 unspecified atom stereocenters. The fourth-order valence-corrected chi connectivity index (χ4v) is 3.65. The van der Waals surface area contributed by atoms with Crippen LogP contribution in [0.1, 0.15) is 12.8 Å². The first kappa shape index (κ1) is 18.0. The molecule has 4 nitrogen and oxygen atoms in total. The Hall–Kier alpha value is -2.37. The first-order valence-electron chi connectivity index (χ1n) is 8.99. The van der Waals surface area contributed by atoms with E-state index in [2.05, 4.69) is 4.90 Å². The average molecular weight is 388 g/mol. The molecule has 1 fully saturated rings. The molecule has 4 rings (SSSR count). The van der Waals surface area contributed by atoms with Crippen molar-refractivity contribution in [3.63, 3.8) is 0 Å². The summed E-state index contributed by atoms with van der Waals surface area (Å²) in [6.07, 6.45) is 2.47. The molecule has 140 valence electrons. The van der Waals surface area contributed by atoms with Crippen molar-refractivity contribution in [1.29, 1.82) is 0 Å². The van der Waals surface area contributed by atoms with Crippen LogP contribution in [-0.4, -0.2) is 31.1 Å². The summed E-state index contributed by atoms with van der Waals surface area (Å²) in [6.45, 7) is 3.64. The number of halogens is 2. The lowest BCUT2D eigenvalue weighted by atomic mass is 10.1. The first-order chi connectivity index (χ1) is 13.1. The molecule has 1 aromatic heterocycles. The van der Waals surface area contributed by atoms with Gasteiger partial charge < -0.3 is 9.15 Å². The Morgan fingerprint density at radius 2 is 1.93 bits per heavy atom. The van der Waals surface area contributed by atoms with Gasteiger partial charge in [-0.3, -0.25) is 9.69 Å². The van der Waals surface area contributed by atoms with Crippen molar-refractivity contribution in [1.82, 2.24) is 4.90 Å². The molecule has 0 saturated carbocycles. The van der Waals surface area contributed by atoms with Crippen LogP contribution >= 0.6 is 11.6 Å². The van der Waals surface area contributed by atoms with Crippen molar-refractivity contribution in [3.05, 3.63) is 63.5 Å². The first-order valence-corrected chi connectivity index (χ1v) is 9.37. The summed E-state index contributed by atoms with van der Waals surface area (Å²) < 4.78 is 25.3. The zero-order valence-corrected chi connectivity index (χ0v) is 15.5. The summed E-state index contributed by atoms with van der Waals surface area (Å²) in [4.78, 5) is 14.8. The van der Waals surface area contributed by atoms with Gasteiger partial charge in [0, 0.05) is 12.6 Å². The van der Waals surface area contributed by atoms with Crippen molar-refractivity contribution in [3.8, 4) is 17.1 Å². The zero-order chi connectivity index (χ0) is 18.8. The SMILES string of the molecule is O=c1cc(-c2ccccc2OCCN2CCCC2)oc2c(Cl)cc(F)cc12. The number of ether oxygens (including phenoxy) is 1. The van der Waals surface area contributed by atoms with Gasteiger partial charge in [0.25, 0.3) is 0 Å². The second-order valence-electron chi connectivity index (χ2n) is 6.63. The van der Waals surface area contributed by atoms with E-state index >= 15 is 0 Å². The summed E-state index contributed by atoms with van der Waals surface area (Å²) in [5, 5.41) is 0.188. The molecule has 1 aliphatic heterocycles. The van der Waals surface area contributed by atoms with E-state index in [1.165, 1.54) is 18.9 Å². The highest BCUT2D eigenvalue weighted by molar-refractivity contribution is 6.34. The normalized spacial score (nSPS) is 14.7. The quantitative estimate of drug-likeness (QED) is 0.635. The molecule has 0 bridgehead atoms. The van der Waals surface area contributed by atoms with Crippen molar-refractivity contribution in [2.45, 2.75) is 12.8 Å². The van der Waals surface area contributed by atoms with E-state index in [0.717, 1.165) is 31.8 Å². The summed E-state index contributed by atoms with van der Waals surface area (Å²) in [6, 6.07) is 11.0. The minimum absolute atomic E-state index is 0.0661. The van der Waals surface area contributed by atoms with Gasteiger partial charge in [0.2, 0.25) is 0 Å². The van der Waals surface area contributed by atoms with Crippen LogP contribution in [0.5, 0.6) is 5.75 Å². The predicted molar refractivity (Wildman–Crippen MR) is 104 cm³/mol. The maximum Gasteiger partial charge on any atom is 0.193 e. The topological polar surface area (TPSA) is 42.7 Å². The molecule has 2 heterocycles. The molecular formula is C21H19ClFNO3. The number of nitrogens with zero attached hydrogens (tertiary/aromatic N) is 1. The third-order valence-corrected chi connectivity index (χ3v) is 5.05. The Kier molecular flexibility index (Phi) is 5.14. The van der Waals surface area contributed by atoms with Crippen LogP contribution in [0.15, 0.2) is 51.7 Å². The molecule has 3 aromatic rings. The van der Waals surface area contributed by atoms with Gasteiger partial charge in [-0.05, 0) is 50.2 Å². The van der Waals surface area contributed by atoms with Gasteiger partial charge in [0.1, 0.15) is 23.9 Å². The number of hydrogen-bond acceptors (Lipinski definition) is 4. The van der Waals surface area contributed by atoms with E-state index in [9.17, 15) is 9.18 Å². The summed E-state index contributed by atoms with van der Waals surface area (Å²) in [5.41, 5.74) is 0.491. The molecule has 6 heteroatoms. The monoisotopic (exact) mass is 387 g/mol. The maximum atomic E-state index is 13.5. The minimum atomic E-state index is -0.571. The van der Waals surface area contributed by atoms with Gasteiger partial charge in [0.15, 0.2) is 11.0 Å². The molecule has 27 heavy (non-hydrogen) atoms. The Bertz CT molecular complexity index is 1030. The lowest BCUT2D eigenvalue weighted by Crippen LogP contribution is -2.25. The summed E-state index contributed by atoms with van der Waals surface area (Å²) >= 11 is 6.08. The molecule has 0 radical (unpaired) electrons. The van der Waals surface area contributed by atoms with Gasteiger partial charge in [-0.15, -0.1) is 0 Å². The van der Waals surface area contributed by atoms with Crippen LogP contribution in [0.3, 0.4) is 0 Å². The number of para-hydroxylation sites is 1. The molecule has 1 saturated heterocycles. The van der Waals surface area contributed by atoms with Gasteiger partial charge >= 0.3 is 0 Å². The van der Waals surface area contributed by atoms with E-state index in [4.69, 9.17) is 20.8 Å². The maximum absolute atomic E-state index is 13.5. The number of likely N-dealkylation sites (tertiary alicyclic amines) is 1. The fraction of sp³-hybridized carbons (Fsp3) is 0.286. The average Bonchev–Trinajstić information content (AvgIpc) is 3.16. The van der Waals surface area contributed by atoms with Gasteiger partial charge in [-0.1, -0.05) is 23.7 Å². The Morgan fingerprint density at radius 3 is 2.74 bits per heavy atom. The van der Waals surface area contributed by atoms with E-state index in [1.54, 1.807) is 0 Å². The van der Waals surface area contributed by atoms with Crippen molar-refractivity contribution < 1.29 is 13.5 Å². The smallest absolute Gasteiger partial charge is 0.193 e. The van der Waals surface area contributed by atoms with Crippen molar-refractivity contribution in [2.75, 3.05) is 26.2 Å². The van der Waals surface area contributed by atoms with Crippen LogP contribution in [0.4, 0.5) is 4.39 Å². The largest absolute Gasteiger partial charge is 0.491 e. The van der Waals surface area contributed by atoms with Crippen LogP contribution in [0.25, 0.3) is 22.3 Å². The lowest BCUT2D eigenvalue weighted by molar-refractivity contribution is 0.238. The van der Waals surface area contributed by atoms with Gasteiger partial charge in [-0.25, -0.2) is 4.39 Å². The zero-order valence-electron chi connectivity index (χ0n) is 14.7. The third-order valence-electron chi connectivity index (χ3n) is 4.76. The van der Waals surface area contributed by atoms with E-state index in [1.807, 2.05) is 24.3 Å². The van der Waals surface area contributed by atoms with Crippen molar-refractivity contribution >= 4 is 22.6 Å².